The standard InChI is InChI=1S/C28H24N2O4/c1-17-7-5-8-18(2)26(17)30-24(31)16-34-28(32)25-21-10-3-4-11-23(21)29-27-19(12-13-22(25)27)15-20-9-6-14-33-20/h3-11,14-15H,12-13,16H2,1-2H3,(H,30,31)/b19-15+. The van der Waals surface area contributed by atoms with Crippen LogP contribution in [0.3, 0.4) is 0 Å². The van der Waals surface area contributed by atoms with Gasteiger partial charge < -0.3 is 14.5 Å². The highest BCUT2D eigenvalue weighted by Gasteiger charge is 2.28. The molecule has 2 aromatic carbocycles. The van der Waals surface area contributed by atoms with Gasteiger partial charge in [-0.2, -0.15) is 0 Å². The third-order valence-electron chi connectivity index (χ3n) is 6.09. The van der Waals surface area contributed by atoms with Crippen LogP contribution in [0.25, 0.3) is 22.6 Å². The van der Waals surface area contributed by atoms with Crippen molar-refractivity contribution in [3.05, 3.63) is 94.6 Å². The fourth-order valence-corrected chi connectivity index (χ4v) is 4.45. The zero-order chi connectivity index (χ0) is 23.7. The molecule has 2 aromatic heterocycles. The van der Waals surface area contributed by atoms with E-state index in [9.17, 15) is 9.59 Å². The number of rotatable bonds is 5. The maximum absolute atomic E-state index is 13.3. The SMILES string of the molecule is Cc1cccc(C)c1NC(=O)COC(=O)c1c2c(nc3ccccc13)/C(=C/c1ccco1)CC2. The van der Waals surface area contributed by atoms with Crippen molar-refractivity contribution in [1.82, 2.24) is 4.98 Å². The molecule has 0 unspecified atom stereocenters. The van der Waals surface area contributed by atoms with Gasteiger partial charge in [0.05, 0.1) is 23.0 Å². The van der Waals surface area contributed by atoms with Crippen LogP contribution in [0.15, 0.2) is 65.3 Å². The minimum absolute atomic E-state index is 0.368. The first-order valence-electron chi connectivity index (χ1n) is 11.2. The molecule has 1 N–H and O–H groups in total. The highest BCUT2D eigenvalue weighted by molar-refractivity contribution is 6.08. The van der Waals surface area contributed by atoms with Crippen LogP contribution < -0.4 is 5.32 Å². The van der Waals surface area contributed by atoms with Crippen LogP contribution in [0.1, 0.15) is 44.9 Å². The van der Waals surface area contributed by atoms with Crippen molar-refractivity contribution in [3.63, 3.8) is 0 Å². The van der Waals surface area contributed by atoms with E-state index in [2.05, 4.69) is 5.32 Å². The van der Waals surface area contributed by atoms with Crippen molar-refractivity contribution in [2.24, 2.45) is 0 Å². The minimum Gasteiger partial charge on any atom is -0.465 e. The maximum Gasteiger partial charge on any atom is 0.339 e. The van der Waals surface area contributed by atoms with Crippen LogP contribution in [0.5, 0.6) is 0 Å². The Balaban J connectivity index is 1.43. The van der Waals surface area contributed by atoms with Crippen LogP contribution in [0.4, 0.5) is 5.69 Å². The van der Waals surface area contributed by atoms with Crippen LogP contribution in [0, 0.1) is 13.8 Å². The van der Waals surface area contributed by atoms with Gasteiger partial charge in [0.2, 0.25) is 0 Å². The molecule has 1 aliphatic carbocycles. The molecule has 0 radical (unpaired) electrons. The van der Waals surface area contributed by atoms with E-state index in [0.29, 0.717) is 17.5 Å². The average Bonchev–Trinajstić information content (AvgIpc) is 3.49. The van der Waals surface area contributed by atoms with E-state index >= 15 is 0 Å². The molecule has 1 aliphatic rings. The molecule has 6 nitrogen and oxygen atoms in total. The summed E-state index contributed by atoms with van der Waals surface area (Å²) in [6, 6.07) is 17.0. The molecule has 6 heteroatoms. The number of nitrogens with one attached hydrogen (secondary N) is 1. The Kier molecular flexibility index (Phi) is 5.72. The Morgan fingerprint density at radius 3 is 2.59 bits per heavy atom. The molecule has 2 heterocycles. The zero-order valence-corrected chi connectivity index (χ0v) is 19.1. The fraction of sp³-hybridized carbons (Fsp3) is 0.179. The first-order chi connectivity index (χ1) is 16.5. The number of furan rings is 1. The fourth-order valence-electron chi connectivity index (χ4n) is 4.45. The highest BCUT2D eigenvalue weighted by Crippen LogP contribution is 2.37. The molecule has 170 valence electrons. The van der Waals surface area contributed by atoms with E-state index in [0.717, 1.165) is 51.2 Å². The second-order valence-electron chi connectivity index (χ2n) is 8.41. The van der Waals surface area contributed by atoms with Crippen LogP contribution >= 0.6 is 0 Å². The van der Waals surface area contributed by atoms with Gasteiger partial charge in [-0.3, -0.25) is 4.79 Å². The summed E-state index contributed by atoms with van der Waals surface area (Å²) in [5.41, 5.74) is 6.47. The topological polar surface area (TPSA) is 81.4 Å². The molecule has 1 amide bonds. The normalized spacial score (nSPS) is 13.8. The number of carbonyl (C=O) groups is 2. The van der Waals surface area contributed by atoms with Gasteiger partial charge in [-0.25, -0.2) is 9.78 Å². The number of anilines is 1. The first kappa shape index (κ1) is 21.6. The number of hydrogen-bond acceptors (Lipinski definition) is 5. The van der Waals surface area contributed by atoms with Gasteiger partial charge in [0.1, 0.15) is 5.76 Å². The molecular formula is C28H24N2O4. The van der Waals surface area contributed by atoms with E-state index in [1.807, 2.05) is 74.5 Å². The lowest BCUT2D eigenvalue weighted by Crippen LogP contribution is -2.22. The summed E-state index contributed by atoms with van der Waals surface area (Å²) in [5.74, 6) is -0.157. The van der Waals surface area contributed by atoms with Gasteiger partial charge in [0.15, 0.2) is 6.61 Å². The van der Waals surface area contributed by atoms with Crippen LogP contribution in [0.2, 0.25) is 0 Å². The van der Waals surface area contributed by atoms with Crippen molar-refractivity contribution in [3.8, 4) is 0 Å². The third kappa shape index (κ3) is 4.10. The molecule has 0 fully saturated rings. The number of ether oxygens (including phenoxy) is 1. The number of benzene rings is 2. The van der Waals surface area contributed by atoms with E-state index < -0.39 is 5.97 Å². The average molecular weight is 453 g/mol. The molecule has 34 heavy (non-hydrogen) atoms. The molecule has 5 rings (SSSR count). The maximum atomic E-state index is 13.3. The highest BCUT2D eigenvalue weighted by atomic mass is 16.5. The second kappa shape index (κ2) is 8.98. The van der Waals surface area contributed by atoms with E-state index in [4.69, 9.17) is 14.1 Å². The molecule has 0 saturated heterocycles. The van der Waals surface area contributed by atoms with Gasteiger partial charge in [-0.1, -0.05) is 36.4 Å². The molecule has 0 atom stereocenters. The molecule has 0 aliphatic heterocycles. The Labute approximate surface area is 197 Å². The molecule has 0 bridgehead atoms. The predicted molar refractivity (Wildman–Crippen MR) is 131 cm³/mol. The number of carbonyl (C=O) groups excluding carboxylic acids is 2. The summed E-state index contributed by atoms with van der Waals surface area (Å²) in [7, 11) is 0. The van der Waals surface area contributed by atoms with Gasteiger partial charge in [0, 0.05) is 11.1 Å². The lowest BCUT2D eigenvalue weighted by molar-refractivity contribution is -0.119. The Morgan fingerprint density at radius 1 is 1.03 bits per heavy atom. The number of allylic oxidation sites excluding steroid dienone is 1. The number of para-hydroxylation sites is 2. The Hall–Kier alpha value is -4.19. The molecule has 0 spiro atoms. The number of fused-ring (bicyclic) bond motifs is 2. The first-order valence-corrected chi connectivity index (χ1v) is 11.2. The molecule has 0 saturated carbocycles. The number of pyridine rings is 1. The number of aryl methyl sites for hydroxylation is 2. The lowest BCUT2D eigenvalue weighted by Gasteiger charge is -2.14. The van der Waals surface area contributed by atoms with Crippen molar-refractivity contribution in [2.45, 2.75) is 26.7 Å². The van der Waals surface area contributed by atoms with Crippen molar-refractivity contribution >= 4 is 40.1 Å². The van der Waals surface area contributed by atoms with Crippen molar-refractivity contribution in [2.75, 3.05) is 11.9 Å². The summed E-state index contributed by atoms with van der Waals surface area (Å²) in [6.45, 7) is 3.48. The van der Waals surface area contributed by atoms with E-state index in [-0.39, 0.29) is 12.5 Å². The summed E-state index contributed by atoms with van der Waals surface area (Å²) >= 11 is 0. The monoisotopic (exact) mass is 452 g/mol. The summed E-state index contributed by atoms with van der Waals surface area (Å²) in [5, 5.41) is 3.58. The van der Waals surface area contributed by atoms with Gasteiger partial charge >= 0.3 is 5.97 Å². The Morgan fingerprint density at radius 2 is 1.82 bits per heavy atom. The number of esters is 1. The smallest absolute Gasteiger partial charge is 0.339 e. The third-order valence-corrected chi connectivity index (χ3v) is 6.09. The van der Waals surface area contributed by atoms with Gasteiger partial charge in [0.25, 0.3) is 5.91 Å². The van der Waals surface area contributed by atoms with Crippen molar-refractivity contribution in [1.29, 1.82) is 0 Å². The second-order valence-corrected chi connectivity index (χ2v) is 8.41. The van der Waals surface area contributed by atoms with Crippen LogP contribution in [-0.4, -0.2) is 23.5 Å². The van der Waals surface area contributed by atoms with E-state index in [1.165, 1.54) is 0 Å². The largest absolute Gasteiger partial charge is 0.465 e. The van der Waals surface area contributed by atoms with Crippen LogP contribution in [-0.2, 0) is 16.0 Å². The van der Waals surface area contributed by atoms with Gasteiger partial charge in [-0.15, -0.1) is 0 Å². The number of hydrogen-bond donors (Lipinski definition) is 1. The van der Waals surface area contributed by atoms with Crippen molar-refractivity contribution < 1.29 is 18.7 Å². The quantitative estimate of drug-likeness (QED) is 0.391. The molecule has 4 aromatic rings. The zero-order valence-electron chi connectivity index (χ0n) is 19.1. The Bertz CT molecular complexity index is 1410. The summed E-state index contributed by atoms with van der Waals surface area (Å²) in [4.78, 5) is 30.7. The summed E-state index contributed by atoms with van der Waals surface area (Å²) < 4.78 is 11.0. The number of nitrogens with zero attached hydrogens (tertiary/aromatic N) is 1. The predicted octanol–water partition coefficient (Wildman–Crippen LogP) is 5.73. The minimum atomic E-state index is -0.522. The summed E-state index contributed by atoms with van der Waals surface area (Å²) in [6.07, 6.45) is 4.99. The van der Waals surface area contributed by atoms with E-state index in [1.54, 1.807) is 6.26 Å². The lowest BCUT2D eigenvalue weighted by atomic mass is 10.0. The van der Waals surface area contributed by atoms with Gasteiger partial charge in [-0.05, 0) is 73.2 Å². The molecular weight excluding hydrogens is 428 g/mol. The number of aromatic nitrogens is 1. The number of amides is 1.